The molecule has 1 aromatic heterocycles. The molecule has 1 fully saturated rings. The van der Waals surface area contributed by atoms with Gasteiger partial charge in [-0.15, -0.1) is 0 Å². The monoisotopic (exact) mass is 197 g/mol. The molecule has 1 atom stereocenters. The van der Waals surface area contributed by atoms with Crippen LogP contribution in [-0.2, 0) is 6.54 Å². The van der Waals surface area contributed by atoms with Crippen molar-refractivity contribution in [1.82, 2.24) is 9.27 Å². The molecule has 0 bridgehead atoms. The molecule has 1 aromatic rings. The summed E-state index contributed by atoms with van der Waals surface area (Å²) in [5.74, 6) is 0. The van der Waals surface area contributed by atoms with Gasteiger partial charge in [0, 0.05) is 36.8 Å². The van der Waals surface area contributed by atoms with E-state index >= 15 is 0 Å². The van der Waals surface area contributed by atoms with Crippen molar-refractivity contribution >= 4 is 11.5 Å². The van der Waals surface area contributed by atoms with Crippen LogP contribution in [0.2, 0.25) is 0 Å². The topological polar surface area (TPSA) is 42.2 Å². The Bertz CT molecular complexity index is 284. The molecule has 1 aliphatic heterocycles. The van der Waals surface area contributed by atoms with Crippen LogP contribution in [0.1, 0.15) is 16.9 Å². The molecule has 4 heteroatoms. The van der Waals surface area contributed by atoms with E-state index in [1.807, 2.05) is 6.20 Å². The van der Waals surface area contributed by atoms with E-state index in [1.54, 1.807) is 11.5 Å². The minimum absolute atomic E-state index is 0.383. The third kappa shape index (κ3) is 2.07. The molecule has 72 valence electrons. The molecule has 13 heavy (non-hydrogen) atoms. The first kappa shape index (κ1) is 9.12. The van der Waals surface area contributed by atoms with Crippen molar-refractivity contribution in [2.24, 2.45) is 5.73 Å². The Kier molecular flexibility index (Phi) is 2.62. The van der Waals surface area contributed by atoms with Gasteiger partial charge in [-0.05, 0) is 30.4 Å². The van der Waals surface area contributed by atoms with Crippen molar-refractivity contribution in [3.63, 3.8) is 0 Å². The predicted molar refractivity (Wildman–Crippen MR) is 54.7 cm³/mol. The highest BCUT2D eigenvalue weighted by atomic mass is 32.1. The zero-order valence-corrected chi connectivity index (χ0v) is 8.68. The van der Waals surface area contributed by atoms with E-state index in [9.17, 15) is 0 Å². The number of hydrogen-bond donors (Lipinski definition) is 1. The molecule has 0 radical (unpaired) electrons. The standard InChI is InChI=1S/C9H15N3S/c1-7-4-11-13-9(7)6-12-3-2-8(10)5-12/h4,8H,2-3,5-6,10H2,1H3. The molecule has 0 aromatic carbocycles. The maximum atomic E-state index is 5.84. The Morgan fingerprint density at radius 3 is 3.15 bits per heavy atom. The Balaban J connectivity index is 1.95. The predicted octanol–water partition coefficient (Wildman–Crippen LogP) is 0.985. The third-order valence-corrected chi connectivity index (χ3v) is 3.41. The summed E-state index contributed by atoms with van der Waals surface area (Å²) in [5, 5.41) is 0. The Morgan fingerprint density at radius 2 is 2.62 bits per heavy atom. The van der Waals surface area contributed by atoms with Crippen molar-refractivity contribution in [3.8, 4) is 0 Å². The molecule has 0 spiro atoms. The van der Waals surface area contributed by atoms with E-state index in [0.29, 0.717) is 6.04 Å². The van der Waals surface area contributed by atoms with Gasteiger partial charge in [0.05, 0.1) is 0 Å². The molecule has 0 aliphatic carbocycles. The lowest BCUT2D eigenvalue weighted by Crippen LogP contribution is -2.26. The fourth-order valence-electron chi connectivity index (χ4n) is 1.68. The third-order valence-electron chi connectivity index (χ3n) is 2.53. The van der Waals surface area contributed by atoms with Gasteiger partial charge in [-0.3, -0.25) is 4.90 Å². The van der Waals surface area contributed by atoms with Gasteiger partial charge in [0.1, 0.15) is 0 Å². The molecule has 2 rings (SSSR count). The number of rotatable bonds is 2. The van der Waals surface area contributed by atoms with Crippen LogP contribution in [0.4, 0.5) is 0 Å². The van der Waals surface area contributed by atoms with Crippen LogP contribution in [0.3, 0.4) is 0 Å². The van der Waals surface area contributed by atoms with E-state index in [-0.39, 0.29) is 0 Å². The van der Waals surface area contributed by atoms with Gasteiger partial charge < -0.3 is 5.73 Å². The van der Waals surface area contributed by atoms with E-state index in [1.165, 1.54) is 10.4 Å². The van der Waals surface area contributed by atoms with Crippen molar-refractivity contribution in [2.75, 3.05) is 13.1 Å². The van der Waals surface area contributed by atoms with E-state index < -0.39 is 0 Å². The second kappa shape index (κ2) is 3.74. The first-order valence-corrected chi connectivity index (χ1v) is 5.41. The van der Waals surface area contributed by atoms with E-state index in [2.05, 4.69) is 16.2 Å². The number of likely N-dealkylation sites (tertiary alicyclic amines) is 1. The van der Waals surface area contributed by atoms with Crippen LogP contribution < -0.4 is 5.73 Å². The minimum atomic E-state index is 0.383. The van der Waals surface area contributed by atoms with Gasteiger partial charge in [0.2, 0.25) is 0 Å². The number of nitrogens with zero attached hydrogens (tertiary/aromatic N) is 2. The maximum absolute atomic E-state index is 5.84. The van der Waals surface area contributed by atoms with Gasteiger partial charge >= 0.3 is 0 Å². The summed E-state index contributed by atoms with van der Waals surface area (Å²) in [4.78, 5) is 3.79. The normalized spacial score (nSPS) is 24.0. The van der Waals surface area contributed by atoms with Crippen molar-refractivity contribution in [2.45, 2.75) is 25.9 Å². The summed E-state index contributed by atoms with van der Waals surface area (Å²) in [6, 6.07) is 0.383. The Labute approximate surface area is 82.7 Å². The van der Waals surface area contributed by atoms with Crippen LogP contribution in [0, 0.1) is 6.92 Å². The zero-order valence-electron chi connectivity index (χ0n) is 7.86. The Morgan fingerprint density at radius 1 is 1.77 bits per heavy atom. The highest BCUT2D eigenvalue weighted by Gasteiger charge is 2.19. The molecule has 2 heterocycles. The molecule has 3 nitrogen and oxygen atoms in total. The smallest absolute Gasteiger partial charge is 0.0439 e. The number of aromatic nitrogens is 1. The lowest BCUT2D eigenvalue weighted by atomic mass is 10.3. The summed E-state index contributed by atoms with van der Waals surface area (Å²) < 4.78 is 4.17. The van der Waals surface area contributed by atoms with Crippen LogP contribution in [0.15, 0.2) is 6.20 Å². The van der Waals surface area contributed by atoms with Gasteiger partial charge in [-0.25, -0.2) is 4.37 Å². The van der Waals surface area contributed by atoms with Gasteiger partial charge in [-0.1, -0.05) is 0 Å². The molecule has 1 saturated heterocycles. The van der Waals surface area contributed by atoms with Crippen LogP contribution in [0.25, 0.3) is 0 Å². The SMILES string of the molecule is Cc1cnsc1CN1CCC(N)C1. The number of nitrogens with two attached hydrogens (primary N) is 1. The number of hydrogen-bond acceptors (Lipinski definition) is 4. The molecule has 1 unspecified atom stereocenters. The summed E-state index contributed by atoms with van der Waals surface area (Å²) in [5.41, 5.74) is 7.15. The number of aryl methyl sites for hydroxylation is 1. The van der Waals surface area contributed by atoms with Crippen LogP contribution >= 0.6 is 11.5 Å². The van der Waals surface area contributed by atoms with Gasteiger partial charge in [-0.2, -0.15) is 0 Å². The van der Waals surface area contributed by atoms with E-state index in [0.717, 1.165) is 26.1 Å². The zero-order chi connectivity index (χ0) is 9.26. The summed E-state index contributed by atoms with van der Waals surface area (Å²) >= 11 is 1.61. The maximum Gasteiger partial charge on any atom is 0.0439 e. The largest absolute Gasteiger partial charge is 0.326 e. The molecule has 1 aliphatic rings. The highest BCUT2D eigenvalue weighted by Crippen LogP contribution is 2.17. The van der Waals surface area contributed by atoms with Crippen molar-refractivity contribution in [3.05, 3.63) is 16.6 Å². The average Bonchev–Trinajstić information content (AvgIpc) is 2.64. The molecular weight excluding hydrogens is 182 g/mol. The van der Waals surface area contributed by atoms with Gasteiger partial charge in [0.15, 0.2) is 0 Å². The second-order valence-corrected chi connectivity index (χ2v) is 4.60. The lowest BCUT2D eigenvalue weighted by molar-refractivity contribution is 0.329. The lowest BCUT2D eigenvalue weighted by Gasteiger charge is -2.13. The second-order valence-electron chi connectivity index (χ2n) is 3.72. The molecular formula is C9H15N3S. The average molecular weight is 197 g/mol. The van der Waals surface area contributed by atoms with Crippen LogP contribution in [-0.4, -0.2) is 28.4 Å². The highest BCUT2D eigenvalue weighted by molar-refractivity contribution is 7.05. The molecule has 2 N–H and O–H groups in total. The Hall–Kier alpha value is -0.450. The van der Waals surface area contributed by atoms with Crippen molar-refractivity contribution < 1.29 is 0 Å². The minimum Gasteiger partial charge on any atom is -0.326 e. The summed E-state index contributed by atoms with van der Waals surface area (Å²) in [7, 11) is 0. The fourth-order valence-corrected chi connectivity index (χ4v) is 2.45. The molecule has 0 amide bonds. The first-order chi connectivity index (χ1) is 6.25. The van der Waals surface area contributed by atoms with Gasteiger partial charge in [0.25, 0.3) is 0 Å². The van der Waals surface area contributed by atoms with Crippen LogP contribution in [0.5, 0.6) is 0 Å². The fraction of sp³-hybridized carbons (Fsp3) is 0.667. The molecule has 0 saturated carbocycles. The van der Waals surface area contributed by atoms with Crippen molar-refractivity contribution in [1.29, 1.82) is 0 Å². The quantitative estimate of drug-likeness (QED) is 0.768. The van der Waals surface area contributed by atoms with E-state index in [4.69, 9.17) is 5.73 Å². The summed E-state index contributed by atoms with van der Waals surface area (Å²) in [6.45, 7) is 5.33. The summed E-state index contributed by atoms with van der Waals surface area (Å²) in [6.07, 6.45) is 3.08. The first-order valence-electron chi connectivity index (χ1n) is 4.64.